The Morgan fingerprint density at radius 3 is 3.14 bits per heavy atom. The van der Waals surface area contributed by atoms with Gasteiger partial charge in [-0.3, -0.25) is 9.78 Å². The van der Waals surface area contributed by atoms with E-state index in [0.717, 1.165) is 5.52 Å². The summed E-state index contributed by atoms with van der Waals surface area (Å²) in [7, 11) is 0. The van der Waals surface area contributed by atoms with Crippen molar-refractivity contribution < 1.29 is 9.53 Å². The highest BCUT2D eigenvalue weighted by molar-refractivity contribution is 6.04. The molecule has 6 nitrogen and oxygen atoms in total. The molecule has 110 valence electrons. The molecule has 21 heavy (non-hydrogen) atoms. The molecule has 1 saturated heterocycles. The van der Waals surface area contributed by atoms with Crippen LogP contribution >= 0.6 is 0 Å². The van der Waals surface area contributed by atoms with Crippen LogP contribution in [0, 0.1) is 5.92 Å². The molecular weight excluding hydrogens is 268 g/mol. The van der Waals surface area contributed by atoms with Gasteiger partial charge in [-0.25, -0.2) is 4.98 Å². The summed E-state index contributed by atoms with van der Waals surface area (Å²) in [6, 6.07) is 0. The first-order valence-corrected chi connectivity index (χ1v) is 7.37. The minimum Gasteiger partial charge on any atom is -0.377 e. The number of ether oxygens (including phenoxy) is 1. The number of pyridine rings is 1. The third-order valence-corrected chi connectivity index (χ3v) is 4.73. The Labute approximate surface area is 122 Å². The van der Waals surface area contributed by atoms with Gasteiger partial charge in [0, 0.05) is 12.7 Å². The summed E-state index contributed by atoms with van der Waals surface area (Å²) >= 11 is 0. The van der Waals surface area contributed by atoms with E-state index in [0.29, 0.717) is 36.8 Å². The quantitative estimate of drug-likeness (QED) is 0.910. The summed E-state index contributed by atoms with van der Waals surface area (Å²) in [6.07, 6.45) is 7.26. The molecule has 0 bridgehead atoms. The molecule has 4 rings (SSSR count). The lowest BCUT2D eigenvalue weighted by Crippen LogP contribution is -2.58. The van der Waals surface area contributed by atoms with E-state index in [1.54, 1.807) is 18.7 Å². The molecule has 1 N–H and O–H groups in total. The molecule has 0 aromatic carbocycles. The Balaban J connectivity index is 1.74. The lowest BCUT2D eigenvalue weighted by Gasteiger charge is -2.45. The van der Waals surface area contributed by atoms with Gasteiger partial charge in [0.2, 0.25) is 0 Å². The van der Waals surface area contributed by atoms with Crippen molar-refractivity contribution in [1.82, 2.24) is 19.9 Å². The predicted octanol–water partition coefficient (Wildman–Crippen LogP) is 1.60. The summed E-state index contributed by atoms with van der Waals surface area (Å²) in [4.78, 5) is 26.4. The van der Waals surface area contributed by atoms with E-state index in [1.807, 2.05) is 4.90 Å². The van der Waals surface area contributed by atoms with Gasteiger partial charge >= 0.3 is 0 Å². The number of hydrogen-bond acceptors (Lipinski definition) is 4. The zero-order valence-electron chi connectivity index (χ0n) is 12.0. The number of aromatic nitrogens is 3. The SMILES string of the molecule is CC1(C2CC2)COCCN1C(=O)c1cncc2[nH]cnc12. The van der Waals surface area contributed by atoms with E-state index >= 15 is 0 Å². The zero-order valence-corrected chi connectivity index (χ0v) is 12.0. The number of carbonyl (C=O) groups is 1. The van der Waals surface area contributed by atoms with E-state index in [4.69, 9.17) is 4.74 Å². The van der Waals surface area contributed by atoms with Crippen LogP contribution in [0.2, 0.25) is 0 Å². The third-order valence-electron chi connectivity index (χ3n) is 4.73. The van der Waals surface area contributed by atoms with Crippen molar-refractivity contribution in [3.05, 3.63) is 24.3 Å². The van der Waals surface area contributed by atoms with Crippen LogP contribution in [-0.4, -0.2) is 51.1 Å². The van der Waals surface area contributed by atoms with Gasteiger partial charge in [-0.15, -0.1) is 0 Å². The second-order valence-electron chi connectivity index (χ2n) is 6.13. The van der Waals surface area contributed by atoms with Crippen molar-refractivity contribution >= 4 is 16.9 Å². The van der Waals surface area contributed by atoms with Crippen LogP contribution in [0.4, 0.5) is 0 Å². The van der Waals surface area contributed by atoms with Crippen LogP contribution in [0.25, 0.3) is 11.0 Å². The molecule has 2 aliphatic rings. The highest BCUT2D eigenvalue weighted by atomic mass is 16.5. The number of amides is 1. The molecule has 2 aromatic heterocycles. The summed E-state index contributed by atoms with van der Waals surface area (Å²) in [6.45, 7) is 3.98. The van der Waals surface area contributed by atoms with Crippen LogP contribution in [0.15, 0.2) is 18.7 Å². The van der Waals surface area contributed by atoms with Crippen molar-refractivity contribution in [2.75, 3.05) is 19.8 Å². The molecule has 6 heteroatoms. The van der Waals surface area contributed by atoms with Crippen LogP contribution < -0.4 is 0 Å². The normalized spacial score (nSPS) is 26.2. The fourth-order valence-corrected chi connectivity index (χ4v) is 3.31. The number of carbonyl (C=O) groups excluding carboxylic acids is 1. The van der Waals surface area contributed by atoms with Crippen molar-refractivity contribution in [3.63, 3.8) is 0 Å². The average Bonchev–Trinajstić information content (AvgIpc) is 3.25. The summed E-state index contributed by atoms with van der Waals surface area (Å²) in [5, 5.41) is 0. The van der Waals surface area contributed by atoms with Crippen molar-refractivity contribution in [3.8, 4) is 0 Å². The summed E-state index contributed by atoms with van der Waals surface area (Å²) in [5.41, 5.74) is 1.86. The number of nitrogens with one attached hydrogen (secondary N) is 1. The maximum absolute atomic E-state index is 13.0. The zero-order chi connectivity index (χ0) is 14.4. The standard InChI is InChI=1S/C15H18N4O2/c1-15(10-2-3-10)8-21-5-4-19(15)14(20)11-6-16-7-12-13(11)18-9-17-12/h6-7,9-10H,2-5,8H2,1H3,(H,17,18). The average molecular weight is 286 g/mol. The molecule has 2 aromatic rings. The maximum Gasteiger partial charge on any atom is 0.258 e. The van der Waals surface area contributed by atoms with Crippen LogP contribution in [-0.2, 0) is 4.74 Å². The van der Waals surface area contributed by atoms with Gasteiger partial charge in [0.25, 0.3) is 5.91 Å². The second kappa shape index (κ2) is 4.53. The number of imidazole rings is 1. The van der Waals surface area contributed by atoms with Gasteiger partial charge in [0.05, 0.1) is 42.4 Å². The van der Waals surface area contributed by atoms with E-state index in [1.165, 1.54) is 12.8 Å². The molecule has 2 fully saturated rings. The smallest absolute Gasteiger partial charge is 0.258 e. The van der Waals surface area contributed by atoms with Gasteiger partial charge in [0.15, 0.2) is 0 Å². The van der Waals surface area contributed by atoms with Gasteiger partial charge < -0.3 is 14.6 Å². The van der Waals surface area contributed by atoms with Gasteiger partial charge in [-0.1, -0.05) is 0 Å². The minimum atomic E-state index is -0.201. The number of nitrogens with zero attached hydrogens (tertiary/aromatic N) is 3. The molecular formula is C15H18N4O2. The lowest BCUT2D eigenvalue weighted by molar-refractivity contribution is -0.0546. The van der Waals surface area contributed by atoms with E-state index in [2.05, 4.69) is 21.9 Å². The summed E-state index contributed by atoms with van der Waals surface area (Å²) < 4.78 is 5.64. The molecule has 3 heterocycles. The molecule has 1 amide bonds. The monoisotopic (exact) mass is 286 g/mol. The Kier molecular flexibility index (Phi) is 2.75. The highest BCUT2D eigenvalue weighted by Crippen LogP contribution is 2.44. The van der Waals surface area contributed by atoms with E-state index < -0.39 is 0 Å². The number of fused-ring (bicyclic) bond motifs is 1. The number of aromatic amines is 1. The fourth-order valence-electron chi connectivity index (χ4n) is 3.31. The molecule has 1 unspecified atom stereocenters. The predicted molar refractivity (Wildman–Crippen MR) is 76.9 cm³/mol. The Morgan fingerprint density at radius 1 is 1.48 bits per heavy atom. The van der Waals surface area contributed by atoms with Crippen LogP contribution in [0.1, 0.15) is 30.1 Å². The maximum atomic E-state index is 13.0. The van der Waals surface area contributed by atoms with E-state index in [9.17, 15) is 4.79 Å². The Bertz CT molecular complexity index is 694. The third kappa shape index (κ3) is 1.93. The number of morpholine rings is 1. The number of hydrogen-bond donors (Lipinski definition) is 1. The Morgan fingerprint density at radius 2 is 2.33 bits per heavy atom. The topological polar surface area (TPSA) is 71.1 Å². The van der Waals surface area contributed by atoms with Gasteiger partial charge in [-0.05, 0) is 25.7 Å². The van der Waals surface area contributed by atoms with Crippen LogP contribution in [0.5, 0.6) is 0 Å². The number of rotatable bonds is 2. The second-order valence-corrected chi connectivity index (χ2v) is 6.13. The highest BCUT2D eigenvalue weighted by Gasteiger charge is 2.49. The van der Waals surface area contributed by atoms with Crippen molar-refractivity contribution in [1.29, 1.82) is 0 Å². The Hall–Kier alpha value is -1.95. The number of H-pyrrole nitrogens is 1. The first-order chi connectivity index (χ1) is 10.2. The van der Waals surface area contributed by atoms with E-state index in [-0.39, 0.29) is 11.4 Å². The van der Waals surface area contributed by atoms with Gasteiger partial charge in [-0.2, -0.15) is 0 Å². The fraction of sp³-hybridized carbons (Fsp3) is 0.533. The molecule has 1 atom stereocenters. The van der Waals surface area contributed by atoms with Crippen molar-refractivity contribution in [2.45, 2.75) is 25.3 Å². The first kappa shape index (κ1) is 12.8. The first-order valence-electron chi connectivity index (χ1n) is 7.37. The minimum absolute atomic E-state index is 0.0119. The largest absolute Gasteiger partial charge is 0.377 e. The van der Waals surface area contributed by atoms with Crippen LogP contribution in [0.3, 0.4) is 0 Å². The molecule has 1 aliphatic carbocycles. The van der Waals surface area contributed by atoms with Crippen molar-refractivity contribution in [2.24, 2.45) is 5.92 Å². The molecule has 0 radical (unpaired) electrons. The molecule has 1 aliphatic heterocycles. The van der Waals surface area contributed by atoms with Gasteiger partial charge in [0.1, 0.15) is 5.52 Å². The lowest BCUT2D eigenvalue weighted by atomic mass is 9.92. The molecule has 0 spiro atoms. The molecule has 1 saturated carbocycles. The summed E-state index contributed by atoms with van der Waals surface area (Å²) in [5.74, 6) is 0.561.